The Balaban J connectivity index is 2.20. The van der Waals surface area contributed by atoms with E-state index in [1.54, 1.807) is 0 Å². The minimum Gasteiger partial charge on any atom is -0.392 e. The van der Waals surface area contributed by atoms with Crippen LogP contribution in [0.2, 0.25) is 0 Å². The Labute approximate surface area is 60.2 Å². The van der Waals surface area contributed by atoms with Crippen LogP contribution < -0.4 is 0 Å². The summed E-state index contributed by atoms with van der Waals surface area (Å²) >= 11 is 0. The molecule has 0 spiro atoms. The summed E-state index contributed by atoms with van der Waals surface area (Å²) in [6.07, 6.45) is 3.43. The normalized spacial score (nSPS) is 46.1. The number of aliphatic hydroxyl groups is 1. The topological polar surface area (TPSA) is 37.3 Å². The van der Waals surface area contributed by atoms with Gasteiger partial charge in [0.15, 0.2) is 0 Å². The fourth-order valence-electron chi connectivity index (χ4n) is 2.21. The van der Waals surface area contributed by atoms with Crippen LogP contribution in [0.5, 0.6) is 0 Å². The van der Waals surface area contributed by atoms with E-state index in [0.29, 0.717) is 11.7 Å². The van der Waals surface area contributed by atoms with Crippen LogP contribution in [0.15, 0.2) is 0 Å². The Kier molecular flexibility index (Phi) is 1.31. The first kappa shape index (κ1) is 6.35. The Morgan fingerprint density at radius 2 is 1.90 bits per heavy atom. The lowest BCUT2D eigenvalue weighted by Crippen LogP contribution is -2.31. The van der Waals surface area contributed by atoms with E-state index in [4.69, 9.17) is 0 Å². The number of hydrogen-bond donors (Lipinski definition) is 1. The third-order valence-electron chi connectivity index (χ3n) is 2.87. The summed E-state index contributed by atoms with van der Waals surface area (Å²) in [5, 5.41) is 9.35. The van der Waals surface area contributed by atoms with Crippen LogP contribution in [0.4, 0.5) is 0 Å². The average Bonchev–Trinajstić information content (AvgIpc) is 2.13. The maximum Gasteiger partial charge on any atom is 0.141 e. The molecule has 2 nitrogen and oxygen atoms in total. The molecule has 2 fully saturated rings. The zero-order valence-corrected chi connectivity index (χ0v) is 5.92. The first-order chi connectivity index (χ1) is 4.79. The molecule has 2 aliphatic carbocycles. The highest BCUT2D eigenvalue weighted by Crippen LogP contribution is 2.38. The molecule has 56 valence electrons. The molecule has 1 N–H and O–H groups in total. The van der Waals surface area contributed by atoms with Crippen molar-refractivity contribution in [2.45, 2.75) is 31.8 Å². The van der Waals surface area contributed by atoms with Crippen LogP contribution in [0.3, 0.4) is 0 Å². The van der Waals surface area contributed by atoms with Crippen molar-refractivity contribution in [1.29, 1.82) is 0 Å². The zero-order chi connectivity index (χ0) is 7.14. The molecule has 0 saturated heterocycles. The molecule has 0 aliphatic heterocycles. The number of rotatable bonds is 0. The van der Waals surface area contributed by atoms with Crippen molar-refractivity contribution in [2.75, 3.05) is 0 Å². The third kappa shape index (κ3) is 0.717. The predicted molar refractivity (Wildman–Crippen MR) is 36.5 cm³/mol. The third-order valence-corrected chi connectivity index (χ3v) is 2.87. The quantitative estimate of drug-likeness (QED) is 0.538. The van der Waals surface area contributed by atoms with E-state index >= 15 is 0 Å². The summed E-state index contributed by atoms with van der Waals surface area (Å²) in [6, 6.07) is 0. The molecule has 10 heavy (non-hydrogen) atoms. The molecule has 0 aromatic rings. The molecule has 3 atom stereocenters. The maximum absolute atomic E-state index is 11.2. The first-order valence-electron chi connectivity index (χ1n) is 4.01. The van der Waals surface area contributed by atoms with Crippen molar-refractivity contribution in [3.05, 3.63) is 0 Å². The summed E-state index contributed by atoms with van der Waals surface area (Å²) in [4.78, 5) is 11.2. The van der Waals surface area contributed by atoms with Gasteiger partial charge in [-0.3, -0.25) is 4.79 Å². The van der Waals surface area contributed by atoms with E-state index in [2.05, 4.69) is 0 Å². The number of Topliss-reactive ketones (excluding diaryl/α,β-unsaturated/α-hetero) is 1. The second-order valence-corrected chi connectivity index (χ2v) is 3.43. The fourth-order valence-corrected chi connectivity index (χ4v) is 2.21. The summed E-state index contributed by atoms with van der Waals surface area (Å²) in [5.41, 5.74) is 0. The molecule has 2 bridgehead atoms. The van der Waals surface area contributed by atoms with Crippen molar-refractivity contribution in [3.8, 4) is 0 Å². The number of ketones is 1. The SMILES string of the molecule is O=C1[C@@H]2CC[C@H]1[C@@H](O)CC2. The van der Waals surface area contributed by atoms with Crippen molar-refractivity contribution in [3.63, 3.8) is 0 Å². The van der Waals surface area contributed by atoms with Crippen LogP contribution in [-0.2, 0) is 4.79 Å². The molecule has 2 saturated carbocycles. The van der Waals surface area contributed by atoms with Gasteiger partial charge in [0.2, 0.25) is 0 Å². The highest BCUT2D eigenvalue weighted by molar-refractivity contribution is 5.86. The molecule has 0 radical (unpaired) electrons. The minimum atomic E-state index is -0.314. The molecular formula is C8H12O2. The number of aliphatic hydroxyl groups excluding tert-OH is 1. The zero-order valence-electron chi connectivity index (χ0n) is 5.92. The van der Waals surface area contributed by atoms with E-state index in [1.807, 2.05) is 0 Å². The number of hydrogen-bond acceptors (Lipinski definition) is 2. The van der Waals surface area contributed by atoms with Crippen molar-refractivity contribution >= 4 is 5.78 Å². The van der Waals surface area contributed by atoms with E-state index in [9.17, 15) is 9.90 Å². The van der Waals surface area contributed by atoms with Gasteiger partial charge < -0.3 is 5.11 Å². The number of carbonyl (C=O) groups is 1. The van der Waals surface area contributed by atoms with Gasteiger partial charge in [0.25, 0.3) is 0 Å². The molecule has 0 aromatic heterocycles. The molecule has 2 aliphatic rings. The molecule has 0 unspecified atom stereocenters. The maximum atomic E-state index is 11.2. The van der Waals surface area contributed by atoms with E-state index < -0.39 is 0 Å². The minimum absolute atomic E-state index is 0.0127. The molecule has 2 heteroatoms. The Morgan fingerprint density at radius 1 is 1.20 bits per heavy atom. The van der Waals surface area contributed by atoms with Crippen molar-refractivity contribution < 1.29 is 9.90 Å². The second kappa shape index (κ2) is 2.06. The largest absolute Gasteiger partial charge is 0.392 e. The van der Waals surface area contributed by atoms with Gasteiger partial charge in [-0.2, -0.15) is 0 Å². The Morgan fingerprint density at radius 3 is 2.60 bits per heavy atom. The van der Waals surface area contributed by atoms with Crippen LogP contribution in [-0.4, -0.2) is 17.0 Å². The summed E-state index contributed by atoms with van der Waals surface area (Å²) < 4.78 is 0. The van der Waals surface area contributed by atoms with Crippen LogP contribution >= 0.6 is 0 Å². The van der Waals surface area contributed by atoms with Gasteiger partial charge in [-0.05, 0) is 25.7 Å². The lowest BCUT2D eigenvalue weighted by molar-refractivity contribution is -0.129. The van der Waals surface area contributed by atoms with Crippen LogP contribution in [0.25, 0.3) is 0 Å². The Hall–Kier alpha value is -0.370. The van der Waals surface area contributed by atoms with E-state index in [-0.39, 0.29) is 12.0 Å². The van der Waals surface area contributed by atoms with Gasteiger partial charge in [-0.25, -0.2) is 0 Å². The lowest BCUT2D eigenvalue weighted by Gasteiger charge is -2.22. The van der Waals surface area contributed by atoms with Crippen LogP contribution in [0, 0.1) is 11.8 Å². The molecule has 0 heterocycles. The van der Waals surface area contributed by atoms with Gasteiger partial charge >= 0.3 is 0 Å². The second-order valence-electron chi connectivity index (χ2n) is 3.43. The first-order valence-corrected chi connectivity index (χ1v) is 4.01. The van der Waals surface area contributed by atoms with E-state index in [1.165, 1.54) is 0 Å². The monoisotopic (exact) mass is 140 g/mol. The number of carbonyl (C=O) groups excluding carboxylic acids is 1. The summed E-state index contributed by atoms with van der Waals surface area (Å²) in [6.45, 7) is 0. The smallest absolute Gasteiger partial charge is 0.141 e. The van der Waals surface area contributed by atoms with Crippen LogP contribution in [0.1, 0.15) is 25.7 Å². The van der Waals surface area contributed by atoms with Gasteiger partial charge in [0.1, 0.15) is 5.78 Å². The van der Waals surface area contributed by atoms with Gasteiger partial charge in [0, 0.05) is 11.8 Å². The van der Waals surface area contributed by atoms with Gasteiger partial charge in [-0.1, -0.05) is 0 Å². The molecule has 0 aromatic carbocycles. The highest BCUT2D eigenvalue weighted by atomic mass is 16.3. The average molecular weight is 140 g/mol. The van der Waals surface area contributed by atoms with Crippen molar-refractivity contribution in [2.24, 2.45) is 11.8 Å². The number of fused-ring (bicyclic) bond motifs is 2. The molecule has 2 rings (SSSR count). The van der Waals surface area contributed by atoms with E-state index in [0.717, 1.165) is 25.7 Å². The van der Waals surface area contributed by atoms with Crippen molar-refractivity contribution in [1.82, 2.24) is 0 Å². The summed E-state index contributed by atoms with van der Waals surface area (Å²) in [5.74, 6) is 0.658. The molecular weight excluding hydrogens is 128 g/mol. The standard InChI is InChI=1S/C8H12O2/c9-7-4-2-5-1-3-6(7)8(5)10/h5-7,9H,1-4H2/t5-,6+,7+/m1/s1. The van der Waals surface area contributed by atoms with Gasteiger partial charge in [0.05, 0.1) is 6.10 Å². The predicted octanol–water partition coefficient (Wildman–Crippen LogP) is 0.736. The fraction of sp³-hybridized carbons (Fsp3) is 0.875. The summed E-state index contributed by atoms with van der Waals surface area (Å²) in [7, 11) is 0. The molecule has 0 amide bonds. The van der Waals surface area contributed by atoms with Gasteiger partial charge in [-0.15, -0.1) is 0 Å². The highest BCUT2D eigenvalue weighted by Gasteiger charge is 2.42. The Bertz CT molecular complexity index is 165. The lowest BCUT2D eigenvalue weighted by atomic mass is 9.86.